The van der Waals surface area contributed by atoms with E-state index in [1.807, 2.05) is 31.2 Å². The predicted molar refractivity (Wildman–Crippen MR) is 138 cm³/mol. The molecule has 0 saturated carbocycles. The maximum atomic E-state index is 12.8. The molecule has 2 aliphatic rings. The molecule has 9 heteroatoms. The summed E-state index contributed by atoms with van der Waals surface area (Å²) < 4.78 is 22.1. The molecule has 2 aromatic rings. The second-order valence-electron chi connectivity index (χ2n) is 8.55. The SMILES string of the molecule is CCOc1ccc(/C=C/C(=O)Nc2ccc3c(c2)OC(C)C(=O)N3CCN2CCOCC2)cc1OC. The first-order chi connectivity index (χ1) is 17.5. The number of anilines is 2. The Bertz CT molecular complexity index is 1110. The van der Waals surface area contributed by atoms with Crippen LogP contribution in [0.2, 0.25) is 0 Å². The summed E-state index contributed by atoms with van der Waals surface area (Å²) in [4.78, 5) is 29.4. The molecule has 36 heavy (non-hydrogen) atoms. The lowest BCUT2D eigenvalue weighted by Crippen LogP contribution is -2.48. The highest BCUT2D eigenvalue weighted by atomic mass is 16.5. The molecule has 9 nitrogen and oxygen atoms in total. The standard InChI is InChI=1S/C27H33N3O6/c1-4-35-23-9-5-20(17-25(23)33-3)6-10-26(31)28-21-7-8-22-24(18-21)36-19(2)27(32)30(22)12-11-29-13-15-34-16-14-29/h5-10,17-19H,4,11-16H2,1-3H3,(H,28,31)/b10-6+. The van der Waals surface area contributed by atoms with Crippen molar-refractivity contribution in [2.75, 3.05) is 63.3 Å². The molecule has 2 amide bonds. The zero-order valence-electron chi connectivity index (χ0n) is 21.0. The Kier molecular flexibility index (Phi) is 8.45. The minimum atomic E-state index is -0.595. The lowest BCUT2D eigenvalue weighted by atomic mass is 10.1. The summed E-state index contributed by atoms with van der Waals surface area (Å²) >= 11 is 0. The van der Waals surface area contributed by atoms with Gasteiger partial charge in [-0.15, -0.1) is 0 Å². The van der Waals surface area contributed by atoms with Crippen LogP contribution in [0.15, 0.2) is 42.5 Å². The molecule has 192 valence electrons. The Morgan fingerprint density at radius 2 is 1.94 bits per heavy atom. The van der Waals surface area contributed by atoms with Crippen molar-refractivity contribution in [3.05, 3.63) is 48.0 Å². The molecular formula is C27H33N3O6. The number of methoxy groups -OCH3 is 1. The number of fused-ring (bicyclic) bond motifs is 1. The van der Waals surface area contributed by atoms with E-state index < -0.39 is 6.10 Å². The number of amides is 2. The van der Waals surface area contributed by atoms with Gasteiger partial charge in [0.1, 0.15) is 5.75 Å². The Hall–Kier alpha value is -3.56. The highest BCUT2D eigenvalue weighted by Crippen LogP contribution is 2.36. The van der Waals surface area contributed by atoms with Crippen LogP contribution in [0.25, 0.3) is 6.08 Å². The van der Waals surface area contributed by atoms with Crippen LogP contribution >= 0.6 is 0 Å². The van der Waals surface area contributed by atoms with Crippen molar-refractivity contribution >= 4 is 29.3 Å². The number of ether oxygens (including phenoxy) is 4. The van der Waals surface area contributed by atoms with Crippen molar-refractivity contribution in [2.45, 2.75) is 20.0 Å². The monoisotopic (exact) mass is 495 g/mol. The van der Waals surface area contributed by atoms with Gasteiger partial charge in [-0.1, -0.05) is 6.07 Å². The lowest BCUT2D eigenvalue weighted by molar-refractivity contribution is -0.125. The predicted octanol–water partition coefficient (Wildman–Crippen LogP) is 3.19. The molecule has 2 heterocycles. The molecule has 2 aromatic carbocycles. The first kappa shape index (κ1) is 25.5. The number of nitrogens with one attached hydrogen (secondary N) is 1. The minimum Gasteiger partial charge on any atom is -0.493 e. The van der Waals surface area contributed by atoms with Crippen molar-refractivity contribution in [1.29, 1.82) is 0 Å². The molecule has 1 fully saturated rings. The van der Waals surface area contributed by atoms with Gasteiger partial charge in [0.05, 0.1) is 32.6 Å². The zero-order chi connectivity index (χ0) is 25.5. The second kappa shape index (κ2) is 11.9. The fraction of sp³-hybridized carbons (Fsp3) is 0.407. The molecule has 1 atom stereocenters. The summed E-state index contributed by atoms with van der Waals surface area (Å²) in [6.07, 6.45) is 2.56. The molecule has 0 radical (unpaired) electrons. The first-order valence-corrected chi connectivity index (χ1v) is 12.2. The van der Waals surface area contributed by atoms with Crippen LogP contribution in [-0.4, -0.2) is 75.9 Å². The van der Waals surface area contributed by atoms with Crippen LogP contribution in [0.3, 0.4) is 0 Å². The molecule has 0 bridgehead atoms. The van der Waals surface area contributed by atoms with Gasteiger partial charge in [-0.3, -0.25) is 14.5 Å². The summed E-state index contributed by atoms with van der Waals surface area (Å²) in [7, 11) is 1.58. The van der Waals surface area contributed by atoms with Crippen LogP contribution in [0.5, 0.6) is 17.2 Å². The van der Waals surface area contributed by atoms with Crippen LogP contribution in [0.1, 0.15) is 19.4 Å². The average Bonchev–Trinajstić information content (AvgIpc) is 2.89. The summed E-state index contributed by atoms with van der Waals surface area (Å²) in [5, 5.41) is 2.86. The third kappa shape index (κ3) is 6.16. The molecule has 1 N–H and O–H groups in total. The van der Waals surface area contributed by atoms with E-state index in [2.05, 4.69) is 10.2 Å². The van der Waals surface area contributed by atoms with Gasteiger partial charge in [0.15, 0.2) is 17.6 Å². The number of morpholine rings is 1. The van der Waals surface area contributed by atoms with E-state index in [-0.39, 0.29) is 11.8 Å². The van der Waals surface area contributed by atoms with Crippen molar-refractivity contribution < 1.29 is 28.5 Å². The normalized spacial score (nSPS) is 18.0. The Morgan fingerprint density at radius 3 is 2.69 bits per heavy atom. The van der Waals surface area contributed by atoms with Crippen molar-refractivity contribution in [3.8, 4) is 17.2 Å². The topological polar surface area (TPSA) is 89.6 Å². The maximum Gasteiger partial charge on any atom is 0.267 e. The number of hydrogen-bond acceptors (Lipinski definition) is 7. The maximum absolute atomic E-state index is 12.8. The van der Waals surface area contributed by atoms with Crippen molar-refractivity contribution in [3.63, 3.8) is 0 Å². The third-order valence-electron chi connectivity index (χ3n) is 6.09. The molecule has 0 spiro atoms. The average molecular weight is 496 g/mol. The summed E-state index contributed by atoms with van der Waals surface area (Å²) in [5.74, 6) is 1.48. The van der Waals surface area contributed by atoms with E-state index >= 15 is 0 Å². The summed E-state index contributed by atoms with van der Waals surface area (Å²) in [6, 6.07) is 10.8. The lowest BCUT2D eigenvalue weighted by Gasteiger charge is -2.35. The van der Waals surface area contributed by atoms with E-state index in [9.17, 15) is 9.59 Å². The quantitative estimate of drug-likeness (QED) is 0.535. The van der Waals surface area contributed by atoms with E-state index in [1.165, 1.54) is 6.08 Å². The Morgan fingerprint density at radius 1 is 1.14 bits per heavy atom. The first-order valence-electron chi connectivity index (χ1n) is 12.2. The minimum absolute atomic E-state index is 0.0683. The molecule has 0 aliphatic carbocycles. The molecule has 1 saturated heterocycles. The molecule has 0 aromatic heterocycles. The van der Waals surface area contributed by atoms with Crippen molar-refractivity contribution in [1.82, 2.24) is 4.90 Å². The number of hydrogen-bond donors (Lipinski definition) is 1. The van der Waals surface area contributed by atoms with E-state index in [1.54, 1.807) is 37.1 Å². The van der Waals surface area contributed by atoms with Gasteiger partial charge in [-0.25, -0.2) is 0 Å². The molecule has 4 rings (SSSR count). The fourth-order valence-electron chi connectivity index (χ4n) is 4.20. The zero-order valence-corrected chi connectivity index (χ0v) is 21.0. The molecular weight excluding hydrogens is 462 g/mol. The van der Waals surface area contributed by atoms with Crippen LogP contribution in [0, 0.1) is 0 Å². The number of nitrogens with zero attached hydrogens (tertiary/aromatic N) is 2. The second-order valence-corrected chi connectivity index (χ2v) is 8.55. The van der Waals surface area contributed by atoms with Gasteiger partial charge in [0, 0.05) is 44.0 Å². The smallest absolute Gasteiger partial charge is 0.267 e. The van der Waals surface area contributed by atoms with Crippen LogP contribution in [-0.2, 0) is 14.3 Å². The number of benzene rings is 2. The van der Waals surface area contributed by atoms with E-state index in [0.717, 1.165) is 25.2 Å². The largest absolute Gasteiger partial charge is 0.493 e. The van der Waals surface area contributed by atoms with Crippen LogP contribution < -0.4 is 24.4 Å². The van der Waals surface area contributed by atoms with Crippen molar-refractivity contribution in [2.24, 2.45) is 0 Å². The molecule has 1 unspecified atom stereocenters. The van der Waals surface area contributed by atoms with E-state index in [0.29, 0.717) is 55.0 Å². The summed E-state index contributed by atoms with van der Waals surface area (Å²) in [5.41, 5.74) is 2.10. The van der Waals surface area contributed by atoms with Gasteiger partial charge < -0.3 is 29.2 Å². The summed E-state index contributed by atoms with van der Waals surface area (Å²) in [6.45, 7) is 8.68. The van der Waals surface area contributed by atoms with Crippen LogP contribution in [0.4, 0.5) is 11.4 Å². The van der Waals surface area contributed by atoms with Gasteiger partial charge in [0.25, 0.3) is 5.91 Å². The number of carbonyl (C=O) groups is 2. The van der Waals surface area contributed by atoms with E-state index in [4.69, 9.17) is 18.9 Å². The Balaban J connectivity index is 1.41. The number of carbonyl (C=O) groups excluding carboxylic acids is 2. The van der Waals surface area contributed by atoms with Gasteiger partial charge in [0.2, 0.25) is 5.91 Å². The third-order valence-corrected chi connectivity index (χ3v) is 6.09. The highest BCUT2D eigenvalue weighted by molar-refractivity contribution is 6.03. The van der Waals surface area contributed by atoms with Gasteiger partial charge in [-0.05, 0) is 49.8 Å². The van der Waals surface area contributed by atoms with Gasteiger partial charge in [-0.2, -0.15) is 0 Å². The highest BCUT2D eigenvalue weighted by Gasteiger charge is 2.32. The molecule has 2 aliphatic heterocycles. The van der Waals surface area contributed by atoms with Gasteiger partial charge >= 0.3 is 0 Å². The Labute approximate surface area is 211 Å². The fourth-order valence-corrected chi connectivity index (χ4v) is 4.20. The number of rotatable bonds is 9.